The standard InChI is InChI=1S/C32H35N5O4/c1-31(2,3)25-12-11-21(16-24(25)28(38)36-19-26-27(20-36)34-14-13-33-26)18-37-29(39)32(35-30(37)40,17-23-10-7-15-41-23)22-8-5-4-6-9-22/h4-6,8-9,11-14,16,23H,7,10,15,17-20H2,1-3H3,(H,35,40)/t23-,32?/m0/s1. The fourth-order valence-corrected chi connectivity index (χ4v) is 6.19. The molecule has 4 heterocycles. The van der Waals surface area contributed by atoms with E-state index in [9.17, 15) is 14.4 Å². The summed E-state index contributed by atoms with van der Waals surface area (Å²) in [6.07, 6.45) is 5.34. The van der Waals surface area contributed by atoms with Crippen LogP contribution in [-0.2, 0) is 40.1 Å². The second kappa shape index (κ2) is 10.4. The predicted molar refractivity (Wildman–Crippen MR) is 152 cm³/mol. The number of benzene rings is 2. The van der Waals surface area contributed by atoms with Crippen LogP contribution in [0.5, 0.6) is 0 Å². The Morgan fingerprint density at radius 1 is 1.05 bits per heavy atom. The van der Waals surface area contributed by atoms with E-state index in [1.54, 1.807) is 17.3 Å². The Labute approximate surface area is 239 Å². The summed E-state index contributed by atoms with van der Waals surface area (Å²) in [7, 11) is 0. The topological polar surface area (TPSA) is 105 Å². The number of imide groups is 1. The highest BCUT2D eigenvalue weighted by molar-refractivity contribution is 6.07. The first-order chi connectivity index (χ1) is 19.7. The first kappa shape index (κ1) is 27.1. The van der Waals surface area contributed by atoms with Crippen LogP contribution in [0.25, 0.3) is 0 Å². The van der Waals surface area contributed by atoms with Crippen molar-refractivity contribution in [1.29, 1.82) is 0 Å². The summed E-state index contributed by atoms with van der Waals surface area (Å²) in [4.78, 5) is 53.2. The zero-order valence-corrected chi connectivity index (χ0v) is 23.7. The molecule has 1 unspecified atom stereocenters. The second-order valence-electron chi connectivity index (χ2n) is 12.2. The molecule has 2 fully saturated rings. The number of carbonyl (C=O) groups is 3. The lowest BCUT2D eigenvalue weighted by Gasteiger charge is -2.30. The monoisotopic (exact) mass is 553 g/mol. The van der Waals surface area contributed by atoms with Crippen LogP contribution in [0, 0.1) is 0 Å². The fraction of sp³-hybridized carbons (Fsp3) is 0.406. The average molecular weight is 554 g/mol. The lowest BCUT2D eigenvalue weighted by molar-refractivity contribution is -0.133. The van der Waals surface area contributed by atoms with Gasteiger partial charge in [-0.05, 0) is 41.0 Å². The smallest absolute Gasteiger partial charge is 0.325 e. The van der Waals surface area contributed by atoms with E-state index < -0.39 is 11.6 Å². The Bertz CT molecular complexity index is 1470. The van der Waals surface area contributed by atoms with E-state index in [2.05, 4.69) is 36.1 Å². The molecule has 9 nitrogen and oxygen atoms in total. The minimum absolute atomic E-state index is 0.0544. The lowest BCUT2D eigenvalue weighted by Crippen LogP contribution is -2.46. The quantitative estimate of drug-likeness (QED) is 0.453. The third-order valence-corrected chi connectivity index (χ3v) is 8.29. The number of nitrogens with zero attached hydrogens (tertiary/aromatic N) is 4. The van der Waals surface area contributed by atoms with Gasteiger partial charge < -0.3 is 15.0 Å². The van der Waals surface area contributed by atoms with Gasteiger partial charge in [0.1, 0.15) is 5.54 Å². The SMILES string of the molecule is CC(C)(C)c1ccc(CN2C(=O)NC(C[C@@H]3CCCO3)(c3ccccc3)C2=O)cc1C(=O)N1Cc2nccnc2C1. The van der Waals surface area contributed by atoms with Gasteiger partial charge in [0.25, 0.3) is 11.8 Å². The number of nitrogens with one attached hydrogen (secondary N) is 1. The van der Waals surface area contributed by atoms with E-state index >= 15 is 0 Å². The van der Waals surface area contributed by atoms with Crippen LogP contribution in [0.2, 0.25) is 0 Å². The molecule has 212 valence electrons. The van der Waals surface area contributed by atoms with Gasteiger partial charge >= 0.3 is 6.03 Å². The molecule has 0 spiro atoms. The van der Waals surface area contributed by atoms with E-state index in [1.165, 1.54) is 4.90 Å². The van der Waals surface area contributed by atoms with Crippen molar-refractivity contribution in [3.63, 3.8) is 0 Å². The summed E-state index contributed by atoms with van der Waals surface area (Å²) < 4.78 is 5.88. The Morgan fingerprint density at radius 2 is 1.76 bits per heavy atom. The van der Waals surface area contributed by atoms with Gasteiger partial charge in [-0.25, -0.2) is 4.79 Å². The molecule has 3 aromatic rings. The molecule has 0 bridgehead atoms. The molecule has 0 radical (unpaired) electrons. The molecule has 9 heteroatoms. The van der Waals surface area contributed by atoms with Gasteiger partial charge in [0.15, 0.2) is 0 Å². The van der Waals surface area contributed by atoms with Crippen molar-refractivity contribution in [2.75, 3.05) is 6.61 Å². The summed E-state index contributed by atoms with van der Waals surface area (Å²) in [5.41, 5.74) is 3.02. The first-order valence-electron chi connectivity index (χ1n) is 14.2. The summed E-state index contributed by atoms with van der Waals surface area (Å²) in [5.74, 6) is -0.421. The zero-order valence-electron chi connectivity index (χ0n) is 23.7. The number of hydrogen-bond donors (Lipinski definition) is 1. The number of fused-ring (bicyclic) bond motifs is 1. The van der Waals surface area contributed by atoms with Crippen molar-refractivity contribution in [2.45, 2.75) is 76.7 Å². The Morgan fingerprint density at radius 3 is 2.39 bits per heavy atom. The maximum absolute atomic E-state index is 14.1. The van der Waals surface area contributed by atoms with Crippen molar-refractivity contribution >= 4 is 17.8 Å². The lowest BCUT2D eigenvalue weighted by atomic mass is 9.82. The molecule has 2 aromatic carbocycles. The van der Waals surface area contributed by atoms with E-state index in [0.717, 1.165) is 35.4 Å². The van der Waals surface area contributed by atoms with Gasteiger partial charge in [-0.15, -0.1) is 0 Å². The van der Waals surface area contributed by atoms with E-state index in [1.807, 2.05) is 48.5 Å². The largest absolute Gasteiger partial charge is 0.378 e. The number of aromatic nitrogens is 2. The maximum atomic E-state index is 14.1. The van der Waals surface area contributed by atoms with Crippen molar-refractivity contribution in [1.82, 2.24) is 25.1 Å². The molecule has 2 saturated heterocycles. The number of rotatable bonds is 6. The summed E-state index contributed by atoms with van der Waals surface area (Å²) >= 11 is 0. The number of carbonyl (C=O) groups excluding carboxylic acids is 3. The van der Waals surface area contributed by atoms with Gasteiger partial charge in [0, 0.05) is 31.0 Å². The Hall–Kier alpha value is -4.11. The third kappa shape index (κ3) is 4.99. The number of urea groups is 1. The van der Waals surface area contributed by atoms with Crippen LogP contribution in [0.4, 0.5) is 4.79 Å². The first-order valence-corrected chi connectivity index (χ1v) is 14.2. The highest BCUT2D eigenvalue weighted by Gasteiger charge is 2.53. The molecule has 4 amide bonds. The van der Waals surface area contributed by atoms with Crippen molar-refractivity contribution in [3.8, 4) is 0 Å². The summed E-state index contributed by atoms with van der Waals surface area (Å²) in [6.45, 7) is 7.70. The third-order valence-electron chi connectivity index (χ3n) is 8.29. The van der Waals surface area contributed by atoms with Crippen molar-refractivity contribution in [3.05, 3.63) is 94.6 Å². The normalized spacial score (nSPS) is 22.3. The summed E-state index contributed by atoms with van der Waals surface area (Å²) in [5, 5.41) is 3.03. The van der Waals surface area contributed by atoms with Gasteiger partial charge in [-0.2, -0.15) is 0 Å². The van der Waals surface area contributed by atoms with Crippen LogP contribution in [0.15, 0.2) is 60.9 Å². The minimum Gasteiger partial charge on any atom is -0.378 e. The molecule has 3 aliphatic rings. The zero-order chi connectivity index (χ0) is 28.8. The molecule has 0 saturated carbocycles. The van der Waals surface area contributed by atoms with Crippen LogP contribution in [-0.4, -0.2) is 50.3 Å². The fourth-order valence-electron chi connectivity index (χ4n) is 6.19. The molecular formula is C32H35N5O4. The Balaban J connectivity index is 1.30. The van der Waals surface area contributed by atoms with Gasteiger partial charge in [-0.3, -0.25) is 24.5 Å². The number of amides is 4. The van der Waals surface area contributed by atoms with Crippen LogP contribution in [0.1, 0.15) is 78.5 Å². The highest BCUT2D eigenvalue weighted by atomic mass is 16.5. The second-order valence-corrected chi connectivity index (χ2v) is 12.2. The minimum atomic E-state index is -1.20. The Kier molecular flexibility index (Phi) is 6.85. The van der Waals surface area contributed by atoms with Crippen LogP contribution >= 0.6 is 0 Å². The average Bonchev–Trinajstić information content (AvgIpc) is 3.69. The molecule has 0 aliphatic carbocycles. The van der Waals surface area contributed by atoms with Crippen molar-refractivity contribution in [2.24, 2.45) is 0 Å². The molecule has 3 aliphatic heterocycles. The van der Waals surface area contributed by atoms with E-state index in [-0.39, 0.29) is 29.9 Å². The molecule has 1 aromatic heterocycles. The van der Waals surface area contributed by atoms with E-state index in [0.29, 0.717) is 37.2 Å². The molecule has 41 heavy (non-hydrogen) atoms. The highest BCUT2D eigenvalue weighted by Crippen LogP contribution is 2.37. The van der Waals surface area contributed by atoms with Crippen LogP contribution < -0.4 is 5.32 Å². The van der Waals surface area contributed by atoms with Crippen molar-refractivity contribution < 1.29 is 19.1 Å². The predicted octanol–water partition coefficient (Wildman–Crippen LogP) is 4.45. The molecule has 2 atom stereocenters. The number of hydrogen-bond acceptors (Lipinski definition) is 6. The maximum Gasteiger partial charge on any atom is 0.325 e. The molecule has 1 N–H and O–H groups in total. The van der Waals surface area contributed by atoms with Crippen LogP contribution in [0.3, 0.4) is 0 Å². The molecular weight excluding hydrogens is 518 g/mol. The van der Waals surface area contributed by atoms with E-state index in [4.69, 9.17) is 4.74 Å². The van der Waals surface area contributed by atoms with Gasteiger partial charge in [0.2, 0.25) is 0 Å². The molecule has 6 rings (SSSR count). The summed E-state index contributed by atoms with van der Waals surface area (Å²) in [6, 6.07) is 14.6. The van der Waals surface area contributed by atoms with Gasteiger partial charge in [0.05, 0.1) is 37.1 Å². The van der Waals surface area contributed by atoms with Gasteiger partial charge in [-0.1, -0.05) is 63.2 Å². The number of ether oxygens (including phenoxy) is 1.